The second-order valence-electron chi connectivity index (χ2n) is 4.70. The van der Waals surface area contributed by atoms with Gasteiger partial charge in [0, 0.05) is 24.8 Å². The minimum absolute atomic E-state index is 0.753. The van der Waals surface area contributed by atoms with Gasteiger partial charge in [0.05, 0.1) is 18.6 Å². The van der Waals surface area contributed by atoms with Crippen LogP contribution < -0.4 is 10.1 Å². The molecule has 1 N–H and O–H groups in total. The Hall–Kier alpha value is -1.88. The first-order chi connectivity index (χ1) is 9.83. The summed E-state index contributed by atoms with van der Waals surface area (Å²) in [6.07, 6.45) is 9.37. The molecule has 2 aromatic rings. The maximum Gasteiger partial charge on any atom is 0.165 e. The third-order valence-electron chi connectivity index (χ3n) is 2.90. The van der Waals surface area contributed by atoms with E-state index in [9.17, 15) is 0 Å². The predicted molar refractivity (Wildman–Crippen MR) is 78.8 cm³/mol. The fourth-order valence-electron chi connectivity index (χ4n) is 1.92. The largest absolute Gasteiger partial charge is 0.452 e. The summed E-state index contributed by atoms with van der Waals surface area (Å²) in [5.74, 6) is 1.54. The number of nitrogens with zero attached hydrogens (tertiary/aromatic N) is 3. The van der Waals surface area contributed by atoms with Crippen molar-refractivity contribution >= 4 is 0 Å². The van der Waals surface area contributed by atoms with E-state index in [1.807, 2.05) is 16.9 Å². The highest BCUT2D eigenvalue weighted by atomic mass is 16.5. The highest BCUT2D eigenvalue weighted by Gasteiger charge is 2.06. The van der Waals surface area contributed by atoms with Crippen LogP contribution in [0.4, 0.5) is 0 Å². The number of aryl methyl sites for hydroxylation is 1. The number of rotatable bonds is 8. The molecular formula is C15H22N4O. The standard InChI is InChI=1S/C15H22N4O/c1-3-6-16-9-13-5-7-17-11-15(13)20-14-10-18-19(12-14)8-4-2/h5,7,10-12,16H,3-4,6,8-9H2,1-2H3. The van der Waals surface area contributed by atoms with E-state index in [0.717, 1.165) is 49.5 Å². The van der Waals surface area contributed by atoms with Crippen LogP contribution in [0.3, 0.4) is 0 Å². The molecule has 0 unspecified atom stereocenters. The zero-order valence-corrected chi connectivity index (χ0v) is 12.2. The molecule has 5 nitrogen and oxygen atoms in total. The lowest BCUT2D eigenvalue weighted by atomic mass is 10.2. The Labute approximate surface area is 120 Å². The molecular weight excluding hydrogens is 252 g/mol. The Bertz CT molecular complexity index is 524. The van der Waals surface area contributed by atoms with E-state index < -0.39 is 0 Å². The van der Waals surface area contributed by atoms with Crippen LogP contribution in [0.2, 0.25) is 0 Å². The summed E-state index contributed by atoms with van der Waals surface area (Å²) in [7, 11) is 0. The summed E-state index contributed by atoms with van der Waals surface area (Å²) in [5.41, 5.74) is 1.11. The molecule has 0 atom stereocenters. The first-order valence-electron chi connectivity index (χ1n) is 7.17. The number of pyridine rings is 1. The van der Waals surface area contributed by atoms with Crippen molar-refractivity contribution in [3.05, 3.63) is 36.4 Å². The minimum atomic E-state index is 0.753. The number of nitrogens with one attached hydrogen (secondary N) is 1. The fraction of sp³-hybridized carbons (Fsp3) is 0.467. The normalized spacial score (nSPS) is 10.7. The van der Waals surface area contributed by atoms with Gasteiger partial charge in [-0.2, -0.15) is 5.10 Å². The van der Waals surface area contributed by atoms with E-state index in [2.05, 4.69) is 29.2 Å². The zero-order chi connectivity index (χ0) is 14.2. The average Bonchev–Trinajstić information content (AvgIpc) is 2.89. The molecule has 0 aromatic carbocycles. The van der Waals surface area contributed by atoms with Crippen molar-refractivity contribution in [3.8, 4) is 11.5 Å². The molecule has 0 saturated heterocycles. The van der Waals surface area contributed by atoms with E-state index >= 15 is 0 Å². The smallest absolute Gasteiger partial charge is 0.165 e. The number of hydrogen-bond acceptors (Lipinski definition) is 4. The number of ether oxygens (including phenoxy) is 1. The first-order valence-corrected chi connectivity index (χ1v) is 7.17. The van der Waals surface area contributed by atoms with Gasteiger partial charge in [0.15, 0.2) is 5.75 Å². The Balaban J connectivity index is 2.03. The van der Waals surface area contributed by atoms with Crippen LogP contribution >= 0.6 is 0 Å². The topological polar surface area (TPSA) is 52.0 Å². The molecule has 108 valence electrons. The lowest BCUT2D eigenvalue weighted by molar-refractivity contribution is 0.468. The molecule has 0 fully saturated rings. The first kappa shape index (κ1) is 14.5. The van der Waals surface area contributed by atoms with Crippen LogP contribution in [-0.2, 0) is 13.1 Å². The molecule has 0 aliphatic heterocycles. The summed E-state index contributed by atoms with van der Waals surface area (Å²) < 4.78 is 7.77. The molecule has 0 aliphatic carbocycles. The monoisotopic (exact) mass is 274 g/mol. The average molecular weight is 274 g/mol. The van der Waals surface area contributed by atoms with Crippen molar-refractivity contribution in [3.63, 3.8) is 0 Å². The Morgan fingerprint density at radius 2 is 2.15 bits per heavy atom. The van der Waals surface area contributed by atoms with Crippen LogP contribution in [-0.4, -0.2) is 21.3 Å². The lowest BCUT2D eigenvalue weighted by Crippen LogP contribution is -2.14. The molecule has 0 saturated carbocycles. The summed E-state index contributed by atoms with van der Waals surface area (Å²) >= 11 is 0. The van der Waals surface area contributed by atoms with Crippen LogP contribution in [0.5, 0.6) is 11.5 Å². The molecule has 2 rings (SSSR count). The van der Waals surface area contributed by atoms with E-state index in [4.69, 9.17) is 4.74 Å². The van der Waals surface area contributed by atoms with Crippen LogP contribution in [0, 0.1) is 0 Å². The Morgan fingerprint density at radius 3 is 2.95 bits per heavy atom. The predicted octanol–water partition coefficient (Wildman–Crippen LogP) is 2.98. The van der Waals surface area contributed by atoms with Gasteiger partial charge in [-0.25, -0.2) is 0 Å². The van der Waals surface area contributed by atoms with E-state index in [0.29, 0.717) is 0 Å². The van der Waals surface area contributed by atoms with Crippen LogP contribution in [0.1, 0.15) is 32.3 Å². The van der Waals surface area contributed by atoms with Crippen molar-refractivity contribution in [2.45, 2.75) is 39.8 Å². The summed E-state index contributed by atoms with van der Waals surface area (Å²) in [5, 5.41) is 7.64. The molecule has 0 aliphatic rings. The van der Waals surface area contributed by atoms with E-state index in [1.165, 1.54) is 0 Å². The highest BCUT2D eigenvalue weighted by molar-refractivity contribution is 5.33. The van der Waals surface area contributed by atoms with Gasteiger partial charge in [0.1, 0.15) is 5.75 Å². The second-order valence-corrected chi connectivity index (χ2v) is 4.70. The van der Waals surface area contributed by atoms with Crippen molar-refractivity contribution in [2.75, 3.05) is 6.54 Å². The summed E-state index contributed by atoms with van der Waals surface area (Å²) in [6, 6.07) is 1.98. The summed E-state index contributed by atoms with van der Waals surface area (Å²) in [6.45, 7) is 6.96. The van der Waals surface area contributed by atoms with Gasteiger partial charge in [0.2, 0.25) is 0 Å². The maximum atomic E-state index is 5.88. The Morgan fingerprint density at radius 1 is 1.25 bits per heavy atom. The van der Waals surface area contributed by atoms with Crippen molar-refractivity contribution in [1.29, 1.82) is 0 Å². The number of aromatic nitrogens is 3. The van der Waals surface area contributed by atoms with Gasteiger partial charge in [-0.3, -0.25) is 9.67 Å². The molecule has 0 radical (unpaired) electrons. The quantitative estimate of drug-likeness (QED) is 0.752. The second kappa shape index (κ2) is 7.65. The van der Waals surface area contributed by atoms with Gasteiger partial charge in [-0.1, -0.05) is 13.8 Å². The Kier molecular flexibility index (Phi) is 5.55. The van der Waals surface area contributed by atoms with Gasteiger partial charge >= 0.3 is 0 Å². The molecule has 5 heteroatoms. The van der Waals surface area contributed by atoms with Gasteiger partial charge in [-0.15, -0.1) is 0 Å². The summed E-state index contributed by atoms with van der Waals surface area (Å²) in [4.78, 5) is 4.13. The maximum absolute atomic E-state index is 5.88. The fourth-order valence-corrected chi connectivity index (χ4v) is 1.92. The third kappa shape index (κ3) is 4.06. The van der Waals surface area contributed by atoms with E-state index in [1.54, 1.807) is 18.6 Å². The van der Waals surface area contributed by atoms with Crippen molar-refractivity contribution in [1.82, 2.24) is 20.1 Å². The molecule has 20 heavy (non-hydrogen) atoms. The third-order valence-corrected chi connectivity index (χ3v) is 2.90. The number of hydrogen-bond donors (Lipinski definition) is 1. The molecule has 2 aromatic heterocycles. The van der Waals surface area contributed by atoms with Gasteiger partial charge < -0.3 is 10.1 Å². The zero-order valence-electron chi connectivity index (χ0n) is 12.2. The van der Waals surface area contributed by atoms with Crippen molar-refractivity contribution in [2.24, 2.45) is 0 Å². The van der Waals surface area contributed by atoms with Gasteiger partial charge in [0.25, 0.3) is 0 Å². The van der Waals surface area contributed by atoms with E-state index in [-0.39, 0.29) is 0 Å². The van der Waals surface area contributed by atoms with Crippen LogP contribution in [0.25, 0.3) is 0 Å². The lowest BCUT2D eigenvalue weighted by Gasteiger charge is -2.09. The SMILES string of the molecule is CCCNCc1ccncc1Oc1cnn(CCC)c1. The molecule has 0 bridgehead atoms. The minimum Gasteiger partial charge on any atom is -0.452 e. The molecule has 2 heterocycles. The molecule has 0 spiro atoms. The van der Waals surface area contributed by atoms with Crippen molar-refractivity contribution < 1.29 is 4.74 Å². The van der Waals surface area contributed by atoms with Gasteiger partial charge in [-0.05, 0) is 25.5 Å². The highest BCUT2D eigenvalue weighted by Crippen LogP contribution is 2.23. The van der Waals surface area contributed by atoms with Crippen LogP contribution in [0.15, 0.2) is 30.9 Å². The molecule has 0 amide bonds.